The normalized spacial score (nSPS) is 8.00. The molecular formula is C2H5N5O3. The van der Waals surface area contributed by atoms with Gasteiger partial charge in [0.1, 0.15) is 0 Å². The predicted octanol–water partition coefficient (Wildman–Crippen LogP) is -1.97. The molecule has 0 radical (unpaired) electrons. The fourth-order valence-corrected chi connectivity index (χ4v) is 0.255. The molecule has 8 nitrogen and oxygen atoms in total. The van der Waals surface area contributed by atoms with E-state index < -0.39 is 11.0 Å². The average Bonchev–Trinajstić information content (AvgIpc) is 1.81. The highest BCUT2D eigenvalue weighted by Gasteiger charge is 2.15. The molecule has 0 aromatic heterocycles. The molecule has 0 aliphatic carbocycles. The predicted molar refractivity (Wildman–Crippen MR) is 29.9 cm³/mol. The zero-order valence-corrected chi connectivity index (χ0v) is 4.77. The SMILES string of the molecule is N=C(N)N(NC=O)[N+](=O)[O-]. The lowest BCUT2D eigenvalue weighted by molar-refractivity contribution is -0.640. The zero-order valence-electron chi connectivity index (χ0n) is 4.77. The van der Waals surface area contributed by atoms with Gasteiger partial charge >= 0.3 is 0 Å². The molecule has 0 unspecified atom stereocenters. The first-order valence-corrected chi connectivity index (χ1v) is 2.08. The van der Waals surface area contributed by atoms with E-state index in [0.29, 0.717) is 0 Å². The van der Waals surface area contributed by atoms with Crippen LogP contribution in [0.3, 0.4) is 0 Å². The second-order valence-electron chi connectivity index (χ2n) is 1.18. The van der Waals surface area contributed by atoms with Gasteiger partial charge in [0.05, 0.1) is 0 Å². The maximum atomic E-state index is 9.82. The zero-order chi connectivity index (χ0) is 8.15. The van der Waals surface area contributed by atoms with Gasteiger partial charge in [0.25, 0.3) is 5.96 Å². The molecule has 8 heteroatoms. The quantitative estimate of drug-likeness (QED) is 0.140. The van der Waals surface area contributed by atoms with Crippen molar-refractivity contribution in [2.75, 3.05) is 0 Å². The molecule has 0 rings (SSSR count). The van der Waals surface area contributed by atoms with Crippen LogP contribution in [0.5, 0.6) is 0 Å². The molecule has 10 heavy (non-hydrogen) atoms. The molecule has 0 saturated heterocycles. The number of nitro groups is 1. The highest BCUT2D eigenvalue weighted by Crippen LogP contribution is 1.76. The van der Waals surface area contributed by atoms with Crippen molar-refractivity contribution >= 4 is 12.4 Å². The first-order valence-electron chi connectivity index (χ1n) is 2.08. The Hall–Kier alpha value is -1.86. The van der Waals surface area contributed by atoms with Crippen LogP contribution in [0, 0.1) is 15.5 Å². The second-order valence-corrected chi connectivity index (χ2v) is 1.18. The van der Waals surface area contributed by atoms with Crippen molar-refractivity contribution in [3.63, 3.8) is 0 Å². The summed E-state index contributed by atoms with van der Waals surface area (Å²) < 4.78 is 0. The lowest BCUT2D eigenvalue weighted by Crippen LogP contribution is -2.49. The van der Waals surface area contributed by atoms with Crippen molar-refractivity contribution in [3.05, 3.63) is 10.1 Å². The molecule has 0 bridgehead atoms. The van der Waals surface area contributed by atoms with E-state index in [1.165, 1.54) is 0 Å². The fourth-order valence-electron chi connectivity index (χ4n) is 0.255. The van der Waals surface area contributed by atoms with Gasteiger partial charge in [0.15, 0.2) is 5.03 Å². The third-order valence-electron chi connectivity index (χ3n) is 0.566. The Kier molecular flexibility index (Phi) is 2.62. The van der Waals surface area contributed by atoms with Crippen LogP contribution < -0.4 is 11.2 Å². The van der Waals surface area contributed by atoms with Crippen molar-refractivity contribution in [3.8, 4) is 0 Å². The summed E-state index contributed by atoms with van der Waals surface area (Å²) in [6, 6.07) is 0. The van der Waals surface area contributed by atoms with Gasteiger partial charge in [-0.2, -0.15) is 0 Å². The minimum atomic E-state index is -1.03. The number of nitrogens with one attached hydrogen (secondary N) is 2. The number of carbonyl (C=O) groups excluding carboxylic acids is 1. The maximum Gasteiger partial charge on any atom is 0.278 e. The minimum absolute atomic E-state index is 0.0208. The van der Waals surface area contributed by atoms with Crippen molar-refractivity contribution in [1.29, 1.82) is 5.41 Å². The van der Waals surface area contributed by atoms with E-state index in [4.69, 9.17) is 5.41 Å². The largest absolute Gasteiger partial charge is 0.363 e. The van der Waals surface area contributed by atoms with E-state index in [-0.39, 0.29) is 11.5 Å². The first-order chi connectivity index (χ1) is 4.59. The molecule has 0 fully saturated rings. The summed E-state index contributed by atoms with van der Waals surface area (Å²) in [6.45, 7) is 0. The van der Waals surface area contributed by atoms with Gasteiger partial charge in [0, 0.05) is 5.12 Å². The molecule has 0 atom stereocenters. The number of hydrogen-bond acceptors (Lipinski definition) is 4. The van der Waals surface area contributed by atoms with E-state index in [9.17, 15) is 14.9 Å². The number of carbonyl (C=O) groups is 1. The van der Waals surface area contributed by atoms with Crippen LogP contribution in [0.2, 0.25) is 0 Å². The van der Waals surface area contributed by atoms with Crippen LogP contribution in [0.1, 0.15) is 0 Å². The Labute approximate surface area is 55.2 Å². The molecule has 0 heterocycles. The first kappa shape index (κ1) is 8.14. The Morgan fingerprint density at radius 1 is 1.90 bits per heavy atom. The van der Waals surface area contributed by atoms with Gasteiger partial charge in [-0.05, 0) is 0 Å². The third kappa shape index (κ3) is 1.94. The summed E-state index contributed by atoms with van der Waals surface area (Å²) >= 11 is 0. The summed E-state index contributed by atoms with van der Waals surface area (Å²) in [5.41, 5.74) is 6.26. The van der Waals surface area contributed by atoms with Crippen LogP contribution in [-0.4, -0.2) is 22.5 Å². The number of hydrogen-bond donors (Lipinski definition) is 3. The highest BCUT2D eigenvalue weighted by atomic mass is 16.7. The van der Waals surface area contributed by atoms with Gasteiger partial charge in [-0.3, -0.25) is 10.2 Å². The van der Waals surface area contributed by atoms with Gasteiger partial charge < -0.3 is 5.73 Å². The van der Waals surface area contributed by atoms with Crippen LogP contribution in [0.15, 0.2) is 0 Å². The van der Waals surface area contributed by atoms with E-state index in [1.807, 2.05) is 0 Å². The van der Waals surface area contributed by atoms with Crippen molar-refractivity contribution in [1.82, 2.24) is 10.5 Å². The number of nitrogens with two attached hydrogens (primary N) is 1. The molecular weight excluding hydrogens is 142 g/mol. The van der Waals surface area contributed by atoms with Gasteiger partial charge in [-0.15, -0.1) is 0 Å². The molecule has 0 aromatic rings. The number of amides is 1. The Morgan fingerprint density at radius 2 is 2.40 bits per heavy atom. The van der Waals surface area contributed by atoms with Crippen LogP contribution in [-0.2, 0) is 4.79 Å². The lowest BCUT2D eigenvalue weighted by Gasteiger charge is -2.06. The standard InChI is InChI=1S/C2H5N5O3/c3-2(4)6(5-1-8)7(9)10/h1H,(H3,3,4)(H,5,8). The van der Waals surface area contributed by atoms with E-state index in [0.717, 1.165) is 0 Å². The molecule has 0 aromatic carbocycles. The molecule has 0 aliphatic heterocycles. The molecule has 56 valence electrons. The number of nitrogens with zero attached hydrogens (tertiary/aromatic N) is 2. The van der Waals surface area contributed by atoms with E-state index in [2.05, 4.69) is 5.73 Å². The molecule has 0 saturated carbocycles. The summed E-state index contributed by atoms with van der Waals surface area (Å²) in [4.78, 5) is 19.4. The minimum Gasteiger partial charge on any atom is -0.363 e. The number of guanidine groups is 1. The molecule has 0 aliphatic rings. The number of rotatable bonds is 3. The summed E-state index contributed by atoms with van der Waals surface area (Å²) in [5.74, 6) is -0.864. The lowest BCUT2D eigenvalue weighted by atomic mass is 11.0. The Morgan fingerprint density at radius 3 is 2.50 bits per heavy atom. The van der Waals surface area contributed by atoms with E-state index in [1.54, 1.807) is 5.43 Å². The monoisotopic (exact) mass is 147 g/mol. The van der Waals surface area contributed by atoms with Crippen molar-refractivity contribution in [2.24, 2.45) is 5.73 Å². The van der Waals surface area contributed by atoms with Gasteiger partial charge in [0.2, 0.25) is 6.41 Å². The average molecular weight is 147 g/mol. The van der Waals surface area contributed by atoms with Crippen LogP contribution >= 0.6 is 0 Å². The van der Waals surface area contributed by atoms with Crippen molar-refractivity contribution < 1.29 is 9.83 Å². The van der Waals surface area contributed by atoms with E-state index >= 15 is 0 Å². The van der Waals surface area contributed by atoms with Gasteiger partial charge in [-0.1, -0.05) is 0 Å². The molecule has 4 N–H and O–H groups in total. The van der Waals surface area contributed by atoms with Gasteiger partial charge in [-0.25, -0.2) is 15.5 Å². The summed E-state index contributed by atoms with van der Waals surface area (Å²) in [6.07, 6.45) is 0.0458. The Bertz CT molecular complexity index is 152. The van der Waals surface area contributed by atoms with Crippen LogP contribution in [0.4, 0.5) is 0 Å². The fraction of sp³-hybridized carbons (Fsp3) is 0. The summed E-state index contributed by atoms with van der Waals surface area (Å²) in [7, 11) is 0. The van der Waals surface area contributed by atoms with Crippen LogP contribution in [0.25, 0.3) is 0 Å². The second kappa shape index (κ2) is 3.22. The third-order valence-corrected chi connectivity index (χ3v) is 0.566. The molecule has 1 amide bonds. The maximum absolute atomic E-state index is 9.82. The van der Waals surface area contributed by atoms with Crippen molar-refractivity contribution in [2.45, 2.75) is 0 Å². The smallest absolute Gasteiger partial charge is 0.278 e. The topological polar surface area (TPSA) is 125 Å². The molecule has 0 spiro atoms. The number of hydrazine groups is 2. The highest BCUT2D eigenvalue weighted by molar-refractivity contribution is 5.74. The summed E-state index contributed by atoms with van der Waals surface area (Å²) in [5, 5.41) is 15.3. The Balaban J connectivity index is 4.11.